The molecule has 3 heterocycles. The third-order valence-corrected chi connectivity index (χ3v) is 3.11. The zero-order chi connectivity index (χ0) is 9.83. The summed E-state index contributed by atoms with van der Waals surface area (Å²) in [4.78, 5) is 0. The van der Waals surface area contributed by atoms with E-state index in [1.807, 2.05) is 0 Å². The summed E-state index contributed by atoms with van der Waals surface area (Å²) in [5, 5.41) is 2.62. The van der Waals surface area contributed by atoms with Crippen molar-refractivity contribution in [2.45, 2.75) is 0 Å². The fraction of sp³-hybridized carbons (Fsp3) is 0. The molecule has 15 heavy (non-hydrogen) atoms. The predicted octanol–water partition coefficient (Wildman–Crippen LogP) is 3.68. The second-order valence-corrected chi connectivity index (χ2v) is 3.97. The summed E-state index contributed by atoms with van der Waals surface area (Å²) in [5.74, 6) is 0. The molecular formula is C14H9N. The van der Waals surface area contributed by atoms with Crippen LogP contribution in [0.5, 0.6) is 0 Å². The average molecular weight is 191 g/mol. The average Bonchev–Trinajstić information content (AvgIpc) is 2.75. The third-order valence-electron chi connectivity index (χ3n) is 3.11. The van der Waals surface area contributed by atoms with Crippen LogP contribution in [0.2, 0.25) is 0 Å². The van der Waals surface area contributed by atoms with Gasteiger partial charge in [0, 0.05) is 16.4 Å². The molecule has 0 N–H and O–H groups in total. The van der Waals surface area contributed by atoms with E-state index in [1.165, 1.54) is 27.3 Å². The zero-order valence-corrected chi connectivity index (χ0v) is 8.14. The van der Waals surface area contributed by atoms with Crippen LogP contribution in [0, 0.1) is 0 Å². The van der Waals surface area contributed by atoms with Crippen LogP contribution in [0.4, 0.5) is 0 Å². The van der Waals surface area contributed by atoms with Crippen LogP contribution in [0.25, 0.3) is 27.3 Å². The molecule has 4 aromatic rings. The minimum atomic E-state index is 1.28. The summed E-state index contributed by atoms with van der Waals surface area (Å²) in [6.45, 7) is 0. The second-order valence-electron chi connectivity index (χ2n) is 3.97. The highest BCUT2D eigenvalue weighted by Gasteiger charge is 2.07. The molecule has 0 spiro atoms. The lowest BCUT2D eigenvalue weighted by Gasteiger charge is -1.98. The molecule has 0 aliphatic carbocycles. The smallest absolute Gasteiger partial charge is 0.0607 e. The van der Waals surface area contributed by atoms with Gasteiger partial charge in [-0.1, -0.05) is 30.3 Å². The van der Waals surface area contributed by atoms with Crippen LogP contribution >= 0.6 is 0 Å². The summed E-state index contributed by atoms with van der Waals surface area (Å²) < 4.78 is 2.32. The van der Waals surface area contributed by atoms with Crippen LogP contribution in [0.3, 0.4) is 0 Å². The molecule has 70 valence electrons. The van der Waals surface area contributed by atoms with Crippen LogP contribution in [-0.2, 0) is 0 Å². The summed E-state index contributed by atoms with van der Waals surface area (Å²) in [6.07, 6.45) is 0. The van der Waals surface area contributed by atoms with Crippen molar-refractivity contribution in [3.05, 3.63) is 54.6 Å². The molecule has 0 saturated carbocycles. The first-order valence-electron chi connectivity index (χ1n) is 5.15. The molecule has 0 aliphatic rings. The van der Waals surface area contributed by atoms with Gasteiger partial charge in [-0.25, -0.2) is 0 Å². The van der Waals surface area contributed by atoms with E-state index in [4.69, 9.17) is 0 Å². The summed E-state index contributed by atoms with van der Waals surface area (Å²) in [5.41, 5.74) is 3.90. The number of hydrogen-bond acceptors (Lipinski definition) is 0. The van der Waals surface area contributed by atoms with E-state index in [1.54, 1.807) is 0 Å². The molecule has 4 rings (SSSR count). The predicted molar refractivity (Wildman–Crippen MR) is 63.6 cm³/mol. The van der Waals surface area contributed by atoms with Gasteiger partial charge in [0.05, 0.1) is 5.52 Å². The Hall–Kier alpha value is -2.02. The molecule has 3 aromatic heterocycles. The van der Waals surface area contributed by atoms with Gasteiger partial charge < -0.3 is 4.40 Å². The highest BCUT2D eigenvalue weighted by Crippen LogP contribution is 2.28. The van der Waals surface area contributed by atoms with Gasteiger partial charge in [-0.2, -0.15) is 0 Å². The van der Waals surface area contributed by atoms with Gasteiger partial charge >= 0.3 is 0 Å². The van der Waals surface area contributed by atoms with Crippen molar-refractivity contribution in [3.63, 3.8) is 0 Å². The lowest BCUT2D eigenvalue weighted by atomic mass is 10.2. The van der Waals surface area contributed by atoms with Crippen molar-refractivity contribution in [1.29, 1.82) is 0 Å². The molecule has 0 radical (unpaired) electrons. The van der Waals surface area contributed by atoms with Crippen molar-refractivity contribution in [3.8, 4) is 0 Å². The minimum absolute atomic E-state index is 1.28. The molecule has 1 aromatic carbocycles. The van der Waals surface area contributed by atoms with Gasteiger partial charge in [0.2, 0.25) is 0 Å². The Kier molecular flexibility index (Phi) is 1.13. The van der Waals surface area contributed by atoms with Crippen LogP contribution < -0.4 is 0 Å². The molecule has 0 saturated heterocycles. The highest BCUT2D eigenvalue weighted by molar-refractivity contribution is 6.01. The Labute approximate surface area is 86.9 Å². The van der Waals surface area contributed by atoms with Crippen molar-refractivity contribution >= 4 is 27.3 Å². The van der Waals surface area contributed by atoms with E-state index in [0.717, 1.165) is 0 Å². The Morgan fingerprint density at radius 3 is 2.33 bits per heavy atom. The number of nitrogens with zero attached hydrogens (tertiary/aromatic N) is 1. The topological polar surface area (TPSA) is 4.41 Å². The SMILES string of the molecule is c1ccc2cc3ccc4ccc(c1)c2n43. The molecule has 0 fully saturated rings. The summed E-state index contributed by atoms with van der Waals surface area (Å²) in [7, 11) is 0. The van der Waals surface area contributed by atoms with Crippen molar-refractivity contribution in [2.75, 3.05) is 0 Å². The first-order valence-corrected chi connectivity index (χ1v) is 5.15. The number of hydrogen-bond donors (Lipinski definition) is 0. The molecule has 0 atom stereocenters. The fourth-order valence-electron chi connectivity index (χ4n) is 2.46. The quantitative estimate of drug-likeness (QED) is 0.399. The maximum Gasteiger partial charge on any atom is 0.0607 e. The normalized spacial score (nSPS) is 12.0. The van der Waals surface area contributed by atoms with Gasteiger partial charge in [-0.15, -0.1) is 0 Å². The largest absolute Gasteiger partial charge is 0.309 e. The fourth-order valence-corrected chi connectivity index (χ4v) is 2.46. The lowest BCUT2D eigenvalue weighted by molar-refractivity contribution is 1.37. The maximum atomic E-state index is 2.32. The Bertz CT molecular complexity index is 754. The van der Waals surface area contributed by atoms with E-state index in [-0.39, 0.29) is 0 Å². The van der Waals surface area contributed by atoms with E-state index in [9.17, 15) is 0 Å². The molecule has 0 amide bonds. The van der Waals surface area contributed by atoms with Gasteiger partial charge in [-0.05, 0) is 29.7 Å². The molecule has 0 aliphatic heterocycles. The molecule has 0 bridgehead atoms. The Balaban J connectivity index is 2.55. The second kappa shape index (κ2) is 2.31. The molecular weight excluding hydrogens is 182 g/mol. The van der Waals surface area contributed by atoms with Crippen molar-refractivity contribution in [1.82, 2.24) is 4.40 Å². The van der Waals surface area contributed by atoms with E-state index < -0.39 is 0 Å². The van der Waals surface area contributed by atoms with Gasteiger partial charge in [0.15, 0.2) is 0 Å². The van der Waals surface area contributed by atoms with E-state index in [2.05, 4.69) is 59.0 Å². The first-order chi connectivity index (χ1) is 7.43. The third kappa shape index (κ3) is 0.785. The van der Waals surface area contributed by atoms with Gasteiger partial charge in [0.25, 0.3) is 0 Å². The van der Waals surface area contributed by atoms with E-state index >= 15 is 0 Å². The van der Waals surface area contributed by atoms with Crippen molar-refractivity contribution in [2.24, 2.45) is 0 Å². The first kappa shape index (κ1) is 7.30. The Morgan fingerprint density at radius 2 is 1.40 bits per heavy atom. The molecule has 0 unspecified atom stereocenters. The highest BCUT2D eigenvalue weighted by atomic mass is 14.9. The van der Waals surface area contributed by atoms with E-state index in [0.29, 0.717) is 0 Å². The minimum Gasteiger partial charge on any atom is -0.309 e. The monoisotopic (exact) mass is 191 g/mol. The summed E-state index contributed by atoms with van der Waals surface area (Å²) in [6, 6.07) is 19.5. The summed E-state index contributed by atoms with van der Waals surface area (Å²) >= 11 is 0. The zero-order valence-electron chi connectivity index (χ0n) is 8.14. The van der Waals surface area contributed by atoms with Gasteiger partial charge in [-0.3, -0.25) is 0 Å². The van der Waals surface area contributed by atoms with Crippen LogP contribution in [-0.4, -0.2) is 4.40 Å². The Morgan fingerprint density at radius 1 is 0.667 bits per heavy atom. The van der Waals surface area contributed by atoms with Crippen LogP contribution in [0.15, 0.2) is 54.6 Å². The van der Waals surface area contributed by atoms with Gasteiger partial charge in [0.1, 0.15) is 0 Å². The maximum absolute atomic E-state index is 2.32. The molecule has 1 nitrogen and oxygen atoms in total. The molecule has 1 heteroatoms. The number of pyridine rings is 1. The van der Waals surface area contributed by atoms with Crippen LogP contribution in [0.1, 0.15) is 0 Å². The number of rotatable bonds is 0. The number of aromatic nitrogens is 1. The van der Waals surface area contributed by atoms with Crippen molar-refractivity contribution < 1.29 is 0 Å². The lowest BCUT2D eigenvalue weighted by Crippen LogP contribution is -1.80. The standard InChI is InChI=1S/C14H9N/c1-2-4-11-9-13-8-7-12-6-5-10(3-1)14(11)15(12)13/h1-9H.